The highest BCUT2D eigenvalue weighted by molar-refractivity contribution is 6.32. The van der Waals surface area contributed by atoms with Crippen molar-refractivity contribution in [3.63, 3.8) is 0 Å². The molecule has 0 amide bonds. The minimum absolute atomic E-state index is 0.872. The summed E-state index contributed by atoms with van der Waals surface area (Å²) in [5.41, 5.74) is 3.74. The molecule has 74 valence electrons. The van der Waals surface area contributed by atoms with Crippen LogP contribution in [-0.4, -0.2) is 4.57 Å². The summed E-state index contributed by atoms with van der Waals surface area (Å²) in [7, 11) is 0. The molecular weight excluding hydrogens is 194 g/mol. The van der Waals surface area contributed by atoms with E-state index in [0.29, 0.717) is 0 Å². The van der Waals surface area contributed by atoms with Crippen molar-refractivity contribution >= 4 is 22.5 Å². The van der Waals surface area contributed by atoms with Crippen LogP contribution in [0.5, 0.6) is 0 Å². The molecule has 0 unspecified atom stereocenters. The maximum Gasteiger partial charge on any atom is 0.112 e. The molecule has 0 atom stereocenters. The number of rotatable bonds is 1. The third-order valence-electron chi connectivity index (χ3n) is 2.78. The minimum Gasteiger partial charge on any atom is -0.332 e. The average Bonchev–Trinajstić information content (AvgIpc) is 2.41. The van der Waals surface area contributed by atoms with Crippen LogP contribution < -0.4 is 0 Å². The van der Waals surface area contributed by atoms with E-state index in [-0.39, 0.29) is 0 Å². The zero-order chi connectivity index (χ0) is 10.3. The lowest BCUT2D eigenvalue weighted by Crippen LogP contribution is -1.92. The monoisotopic (exact) mass is 207 g/mol. The summed E-state index contributed by atoms with van der Waals surface area (Å²) in [4.78, 5) is 0. The second-order valence-corrected chi connectivity index (χ2v) is 3.99. The number of aromatic nitrogens is 1. The molecule has 2 heteroatoms. The van der Waals surface area contributed by atoms with Gasteiger partial charge in [0.1, 0.15) is 5.15 Å². The van der Waals surface area contributed by atoms with E-state index in [0.717, 1.165) is 11.7 Å². The third kappa shape index (κ3) is 1.16. The van der Waals surface area contributed by atoms with Crippen molar-refractivity contribution in [3.8, 4) is 0 Å². The van der Waals surface area contributed by atoms with Gasteiger partial charge in [0.2, 0.25) is 0 Å². The van der Waals surface area contributed by atoms with Crippen molar-refractivity contribution in [3.05, 3.63) is 34.5 Å². The van der Waals surface area contributed by atoms with Crippen molar-refractivity contribution in [2.75, 3.05) is 0 Å². The standard InChI is InChI=1S/C12H14ClN/c1-4-14-10-7-5-6-8(2)11(10)9(3)12(14)13/h5-7H,4H2,1-3H3. The normalized spacial score (nSPS) is 11.1. The van der Waals surface area contributed by atoms with Crippen LogP contribution in [0.15, 0.2) is 18.2 Å². The van der Waals surface area contributed by atoms with Crippen LogP contribution >= 0.6 is 11.6 Å². The highest BCUT2D eigenvalue weighted by atomic mass is 35.5. The number of benzene rings is 1. The Kier molecular flexibility index (Phi) is 2.28. The van der Waals surface area contributed by atoms with Gasteiger partial charge < -0.3 is 4.57 Å². The number of halogens is 1. The van der Waals surface area contributed by atoms with Gasteiger partial charge >= 0.3 is 0 Å². The molecule has 14 heavy (non-hydrogen) atoms. The molecule has 0 bridgehead atoms. The number of nitrogens with zero attached hydrogens (tertiary/aromatic N) is 1. The number of hydrogen-bond donors (Lipinski definition) is 0. The molecular formula is C12H14ClN. The lowest BCUT2D eigenvalue weighted by Gasteiger charge is -2.02. The quantitative estimate of drug-likeness (QED) is 0.668. The van der Waals surface area contributed by atoms with E-state index >= 15 is 0 Å². The van der Waals surface area contributed by atoms with Gasteiger partial charge in [0.15, 0.2) is 0 Å². The largest absolute Gasteiger partial charge is 0.332 e. The van der Waals surface area contributed by atoms with E-state index in [1.807, 2.05) is 0 Å². The molecule has 1 heterocycles. The number of fused-ring (bicyclic) bond motifs is 1. The van der Waals surface area contributed by atoms with Crippen LogP contribution in [-0.2, 0) is 6.54 Å². The van der Waals surface area contributed by atoms with E-state index in [9.17, 15) is 0 Å². The first-order chi connectivity index (χ1) is 6.66. The van der Waals surface area contributed by atoms with Crippen LogP contribution in [0.4, 0.5) is 0 Å². The molecule has 1 aromatic carbocycles. The van der Waals surface area contributed by atoms with Crippen molar-refractivity contribution in [1.82, 2.24) is 4.57 Å². The first-order valence-corrected chi connectivity index (χ1v) is 5.28. The fourth-order valence-corrected chi connectivity index (χ4v) is 2.39. The summed E-state index contributed by atoms with van der Waals surface area (Å²) in [6.07, 6.45) is 0. The van der Waals surface area contributed by atoms with Crippen LogP contribution in [0, 0.1) is 13.8 Å². The zero-order valence-corrected chi connectivity index (χ0v) is 9.52. The fourth-order valence-electron chi connectivity index (χ4n) is 2.09. The topological polar surface area (TPSA) is 4.93 Å². The Hall–Kier alpha value is -0.950. The Morgan fingerprint density at radius 1 is 1.29 bits per heavy atom. The van der Waals surface area contributed by atoms with Crippen LogP contribution in [0.3, 0.4) is 0 Å². The van der Waals surface area contributed by atoms with Crippen molar-refractivity contribution < 1.29 is 0 Å². The van der Waals surface area contributed by atoms with Crippen molar-refractivity contribution in [2.45, 2.75) is 27.3 Å². The van der Waals surface area contributed by atoms with Gasteiger partial charge in [-0.3, -0.25) is 0 Å². The second kappa shape index (κ2) is 3.32. The Bertz CT molecular complexity index is 483. The summed E-state index contributed by atoms with van der Waals surface area (Å²) in [6.45, 7) is 7.26. The Morgan fingerprint density at radius 3 is 2.64 bits per heavy atom. The third-order valence-corrected chi connectivity index (χ3v) is 3.27. The van der Waals surface area contributed by atoms with Gasteiger partial charge in [0.05, 0.1) is 0 Å². The zero-order valence-electron chi connectivity index (χ0n) is 8.76. The molecule has 1 nitrogen and oxygen atoms in total. The van der Waals surface area contributed by atoms with Crippen LogP contribution in [0.25, 0.3) is 10.9 Å². The molecule has 2 rings (SSSR count). The highest BCUT2D eigenvalue weighted by Gasteiger charge is 2.11. The molecule has 0 saturated heterocycles. The van der Waals surface area contributed by atoms with E-state index in [1.54, 1.807) is 0 Å². The summed E-state index contributed by atoms with van der Waals surface area (Å²) >= 11 is 6.27. The van der Waals surface area contributed by atoms with Gasteiger partial charge in [0.25, 0.3) is 0 Å². The van der Waals surface area contributed by atoms with Gasteiger partial charge in [-0.1, -0.05) is 23.7 Å². The molecule has 0 radical (unpaired) electrons. The van der Waals surface area contributed by atoms with Crippen LogP contribution in [0.1, 0.15) is 18.1 Å². The first-order valence-electron chi connectivity index (χ1n) is 4.90. The Morgan fingerprint density at radius 2 is 2.00 bits per heavy atom. The van der Waals surface area contributed by atoms with E-state index in [2.05, 4.69) is 43.5 Å². The smallest absolute Gasteiger partial charge is 0.112 e. The second-order valence-electron chi connectivity index (χ2n) is 3.63. The molecule has 0 aliphatic carbocycles. The fraction of sp³-hybridized carbons (Fsp3) is 0.333. The Labute approximate surface area is 89.3 Å². The van der Waals surface area contributed by atoms with Gasteiger partial charge in [-0.25, -0.2) is 0 Å². The highest BCUT2D eigenvalue weighted by Crippen LogP contribution is 2.31. The maximum absolute atomic E-state index is 6.27. The van der Waals surface area contributed by atoms with E-state index < -0.39 is 0 Å². The van der Waals surface area contributed by atoms with Gasteiger partial charge in [-0.15, -0.1) is 0 Å². The molecule has 0 aliphatic heterocycles. The molecule has 0 aliphatic rings. The Balaban J connectivity index is 2.95. The predicted octanol–water partition coefficient (Wildman–Crippen LogP) is 3.93. The summed E-state index contributed by atoms with van der Waals surface area (Å²) < 4.78 is 2.15. The molecule has 0 saturated carbocycles. The lowest BCUT2D eigenvalue weighted by atomic mass is 10.1. The SMILES string of the molecule is CCn1c(Cl)c(C)c2c(C)cccc21. The van der Waals surface area contributed by atoms with Gasteiger partial charge in [0, 0.05) is 17.4 Å². The molecule has 0 fully saturated rings. The van der Waals surface area contributed by atoms with Crippen molar-refractivity contribution in [1.29, 1.82) is 0 Å². The molecule has 1 aromatic heterocycles. The van der Waals surface area contributed by atoms with Crippen molar-refractivity contribution in [2.24, 2.45) is 0 Å². The number of hydrogen-bond acceptors (Lipinski definition) is 0. The van der Waals surface area contributed by atoms with Crippen LogP contribution in [0.2, 0.25) is 5.15 Å². The summed E-state index contributed by atoms with van der Waals surface area (Å²) in [5.74, 6) is 0. The van der Waals surface area contributed by atoms with Gasteiger partial charge in [-0.2, -0.15) is 0 Å². The molecule has 0 N–H and O–H groups in total. The molecule has 0 spiro atoms. The summed E-state index contributed by atoms with van der Waals surface area (Å²) in [5, 5.41) is 2.18. The van der Waals surface area contributed by atoms with E-state index in [4.69, 9.17) is 11.6 Å². The van der Waals surface area contributed by atoms with E-state index in [1.165, 1.54) is 22.0 Å². The average molecular weight is 208 g/mol. The maximum atomic E-state index is 6.27. The number of aryl methyl sites for hydroxylation is 3. The lowest BCUT2D eigenvalue weighted by molar-refractivity contribution is 0.796. The first kappa shape index (κ1) is 9.60. The predicted molar refractivity (Wildman–Crippen MR) is 62.1 cm³/mol. The minimum atomic E-state index is 0.872. The summed E-state index contributed by atoms with van der Waals surface area (Å²) in [6, 6.07) is 6.34. The van der Waals surface area contributed by atoms with Gasteiger partial charge in [-0.05, 0) is 38.0 Å². The molecule has 2 aromatic rings.